The van der Waals surface area contributed by atoms with Crippen LogP contribution in [0.1, 0.15) is 52.7 Å². The number of fused-ring (bicyclic) bond motifs is 1. The number of benzene rings is 1. The minimum Gasteiger partial charge on any atom is -0.388 e. The molecular weight excluding hydrogens is 372 g/mol. The lowest BCUT2D eigenvalue weighted by atomic mass is 9.92. The van der Waals surface area contributed by atoms with Crippen LogP contribution >= 0.6 is 0 Å². The van der Waals surface area contributed by atoms with E-state index in [0.717, 1.165) is 12.1 Å². The van der Waals surface area contributed by atoms with Crippen LogP contribution in [0.15, 0.2) is 24.3 Å². The van der Waals surface area contributed by atoms with Gasteiger partial charge in [-0.1, -0.05) is 17.9 Å². The summed E-state index contributed by atoms with van der Waals surface area (Å²) in [6.07, 6.45) is 1.50. The lowest BCUT2D eigenvalue weighted by molar-refractivity contribution is -0.117. The zero-order chi connectivity index (χ0) is 21.0. The zero-order valence-electron chi connectivity index (χ0n) is 16.2. The topological polar surface area (TPSA) is 122 Å². The molecule has 0 radical (unpaired) electrons. The van der Waals surface area contributed by atoms with Crippen LogP contribution in [0.4, 0.5) is 0 Å². The third-order valence-electron chi connectivity index (χ3n) is 4.89. The lowest BCUT2D eigenvalue weighted by Crippen LogP contribution is -2.21. The summed E-state index contributed by atoms with van der Waals surface area (Å²) in [6, 6.07) is 7.25. The van der Waals surface area contributed by atoms with Crippen LogP contribution in [-0.2, 0) is 11.2 Å². The predicted octanol–water partition coefficient (Wildman–Crippen LogP) is 0.532. The van der Waals surface area contributed by atoms with E-state index in [4.69, 9.17) is 5.73 Å². The molecule has 2 atom stereocenters. The van der Waals surface area contributed by atoms with E-state index in [9.17, 15) is 19.8 Å². The molecule has 8 nitrogen and oxygen atoms in total. The van der Waals surface area contributed by atoms with Gasteiger partial charge in [0.05, 0.1) is 17.5 Å². The van der Waals surface area contributed by atoms with Gasteiger partial charge < -0.3 is 20.8 Å². The van der Waals surface area contributed by atoms with Crippen LogP contribution in [0.25, 0.3) is 5.69 Å². The summed E-state index contributed by atoms with van der Waals surface area (Å²) >= 11 is 0. The van der Waals surface area contributed by atoms with Crippen LogP contribution in [0.2, 0.25) is 0 Å². The minimum absolute atomic E-state index is 0.0957. The van der Waals surface area contributed by atoms with E-state index in [0.29, 0.717) is 49.0 Å². The van der Waals surface area contributed by atoms with E-state index in [1.54, 1.807) is 23.9 Å². The van der Waals surface area contributed by atoms with Gasteiger partial charge in [0, 0.05) is 31.1 Å². The highest BCUT2D eigenvalue weighted by molar-refractivity contribution is 5.93. The quantitative estimate of drug-likeness (QED) is 0.486. The van der Waals surface area contributed by atoms with E-state index < -0.39 is 18.1 Å². The van der Waals surface area contributed by atoms with Crippen molar-refractivity contribution in [2.45, 2.75) is 37.9 Å². The number of primary amides is 1. The highest BCUT2D eigenvalue weighted by Crippen LogP contribution is 2.33. The maximum atomic E-state index is 11.8. The summed E-state index contributed by atoms with van der Waals surface area (Å²) in [7, 11) is 1.64. The second-order valence-electron chi connectivity index (χ2n) is 7.10. The Morgan fingerprint density at radius 3 is 3.03 bits per heavy atom. The van der Waals surface area contributed by atoms with Gasteiger partial charge >= 0.3 is 0 Å². The molecule has 2 amide bonds. The number of rotatable bonds is 6. The third-order valence-corrected chi connectivity index (χ3v) is 4.89. The Hall–Kier alpha value is -3.15. The number of hydrogen-bond donors (Lipinski definition) is 3. The number of aliphatic hydroxyl groups excluding tert-OH is 2. The molecule has 1 heterocycles. The standard InChI is InChI=1S/C21H24N4O4/c1-24(13-26)11-10-16(27)9-8-14-4-2-5-15(12-14)25-17-6-3-7-18(28)19(17)20(23-25)21(22)29/h2,4-5,12-13,16,18,27-28H,3,6-7,10-11H2,1H3,(H2,22,29)/t16-,18+/m0/s1. The summed E-state index contributed by atoms with van der Waals surface area (Å²) in [5.74, 6) is 5.03. The molecular formula is C21H24N4O4. The summed E-state index contributed by atoms with van der Waals surface area (Å²) < 4.78 is 1.64. The fraction of sp³-hybridized carbons (Fsp3) is 0.381. The lowest BCUT2D eigenvalue weighted by Gasteiger charge is -2.19. The molecule has 1 aliphatic rings. The Morgan fingerprint density at radius 1 is 1.52 bits per heavy atom. The van der Waals surface area contributed by atoms with Crippen molar-refractivity contribution in [3.63, 3.8) is 0 Å². The van der Waals surface area contributed by atoms with Crippen molar-refractivity contribution < 1.29 is 19.8 Å². The number of nitrogens with zero attached hydrogens (tertiary/aromatic N) is 3. The summed E-state index contributed by atoms with van der Waals surface area (Å²) in [6.45, 7) is 0.414. The van der Waals surface area contributed by atoms with E-state index >= 15 is 0 Å². The molecule has 0 aliphatic heterocycles. The van der Waals surface area contributed by atoms with E-state index in [1.807, 2.05) is 12.1 Å². The second kappa shape index (κ2) is 8.90. The Morgan fingerprint density at radius 2 is 2.31 bits per heavy atom. The first kappa shape index (κ1) is 20.6. The second-order valence-corrected chi connectivity index (χ2v) is 7.10. The third kappa shape index (κ3) is 4.65. The van der Waals surface area contributed by atoms with Crippen molar-refractivity contribution >= 4 is 12.3 Å². The Bertz CT molecular complexity index is 973. The molecule has 0 saturated heterocycles. The van der Waals surface area contributed by atoms with E-state index in [1.165, 1.54) is 4.90 Å². The molecule has 4 N–H and O–H groups in total. The molecule has 0 fully saturated rings. The molecule has 1 aliphatic carbocycles. The van der Waals surface area contributed by atoms with Gasteiger partial charge in [0.2, 0.25) is 6.41 Å². The first-order valence-corrected chi connectivity index (χ1v) is 9.46. The molecule has 152 valence electrons. The average molecular weight is 396 g/mol. The van der Waals surface area contributed by atoms with Gasteiger partial charge in [0.25, 0.3) is 5.91 Å². The Kier molecular flexibility index (Phi) is 6.32. The van der Waals surface area contributed by atoms with Crippen LogP contribution in [0.5, 0.6) is 0 Å². The van der Waals surface area contributed by atoms with E-state index in [2.05, 4.69) is 16.9 Å². The number of aliphatic hydroxyl groups is 2. The van der Waals surface area contributed by atoms with Crippen molar-refractivity contribution in [2.24, 2.45) is 5.73 Å². The van der Waals surface area contributed by atoms with Gasteiger partial charge in [0.1, 0.15) is 6.10 Å². The summed E-state index contributed by atoms with van der Waals surface area (Å²) in [5.41, 5.74) is 8.21. The molecule has 3 rings (SSSR count). The molecule has 8 heteroatoms. The number of carbonyl (C=O) groups excluding carboxylic acids is 2. The number of aromatic nitrogens is 2. The molecule has 0 saturated carbocycles. The first-order chi connectivity index (χ1) is 13.9. The van der Waals surface area contributed by atoms with Crippen LogP contribution < -0.4 is 5.73 Å². The van der Waals surface area contributed by atoms with Crippen LogP contribution in [0.3, 0.4) is 0 Å². The van der Waals surface area contributed by atoms with Gasteiger partial charge in [-0.3, -0.25) is 9.59 Å². The maximum Gasteiger partial charge on any atom is 0.269 e. The molecule has 1 aromatic carbocycles. The minimum atomic E-state index is -0.852. The Balaban J connectivity index is 1.88. The summed E-state index contributed by atoms with van der Waals surface area (Å²) in [4.78, 5) is 23.8. The molecule has 0 spiro atoms. The van der Waals surface area contributed by atoms with Gasteiger partial charge in [-0.15, -0.1) is 0 Å². The molecule has 2 aromatic rings. The maximum absolute atomic E-state index is 11.8. The van der Waals surface area contributed by atoms with Gasteiger partial charge in [0.15, 0.2) is 5.69 Å². The molecule has 0 unspecified atom stereocenters. The van der Waals surface area contributed by atoms with Crippen molar-refractivity contribution in [2.75, 3.05) is 13.6 Å². The normalized spacial score (nSPS) is 16.3. The largest absolute Gasteiger partial charge is 0.388 e. The van der Waals surface area contributed by atoms with Gasteiger partial charge in [-0.05, 0) is 37.5 Å². The summed E-state index contributed by atoms with van der Waals surface area (Å²) in [5, 5.41) is 24.7. The van der Waals surface area contributed by atoms with Crippen molar-refractivity contribution in [3.8, 4) is 17.5 Å². The fourth-order valence-electron chi connectivity index (χ4n) is 3.39. The molecule has 1 aromatic heterocycles. The van der Waals surface area contributed by atoms with E-state index in [-0.39, 0.29) is 5.69 Å². The highest BCUT2D eigenvalue weighted by atomic mass is 16.3. The number of amides is 2. The van der Waals surface area contributed by atoms with Crippen molar-refractivity contribution in [3.05, 3.63) is 46.8 Å². The number of nitrogens with two attached hydrogens (primary N) is 1. The monoisotopic (exact) mass is 396 g/mol. The van der Waals surface area contributed by atoms with Crippen LogP contribution in [-0.4, -0.2) is 56.9 Å². The highest BCUT2D eigenvalue weighted by Gasteiger charge is 2.30. The van der Waals surface area contributed by atoms with Gasteiger partial charge in [-0.25, -0.2) is 4.68 Å². The van der Waals surface area contributed by atoms with Crippen molar-refractivity contribution in [1.82, 2.24) is 14.7 Å². The average Bonchev–Trinajstić information content (AvgIpc) is 3.12. The zero-order valence-corrected chi connectivity index (χ0v) is 16.2. The SMILES string of the molecule is CN(C=O)CC[C@@H](O)C#Cc1cccc(-n2nc(C(N)=O)c3c2CCC[C@H]3O)c1. The first-order valence-electron chi connectivity index (χ1n) is 9.46. The fourth-order valence-corrected chi connectivity index (χ4v) is 3.39. The predicted molar refractivity (Wildman–Crippen MR) is 106 cm³/mol. The smallest absolute Gasteiger partial charge is 0.269 e. The molecule has 29 heavy (non-hydrogen) atoms. The van der Waals surface area contributed by atoms with Crippen LogP contribution in [0, 0.1) is 11.8 Å². The van der Waals surface area contributed by atoms with Crippen molar-refractivity contribution in [1.29, 1.82) is 0 Å². The van der Waals surface area contributed by atoms with Gasteiger partial charge in [-0.2, -0.15) is 5.10 Å². The number of carbonyl (C=O) groups is 2. The Labute approximate surface area is 168 Å². The molecule has 0 bridgehead atoms. The number of hydrogen-bond acceptors (Lipinski definition) is 5.